The van der Waals surface area contributed by atoms with E-state index in [9.17, 15) is 4.79 Å². The van der Waals surface area contributed by atoms with E-state index >= 15 is 0 Å². The smallest absolute Gasteiger partial charge is 0.318 e. The number of carbonyl (C=O) groups is 1. The van der Waals surface area contributed by atoms with Gasteiger partial charge in [0.15, 0.2) is 0 Å². The third-order valence-corrected chi connectivity index (χ3v) is 5.25. The molecule has 1 aliphatic rings. The number of aromatic nitrogens is 2. The Morgan fingerprint density at radius 2 is 2.50 bits per heavy atom. The Morgan fingerprint density at radius 1 is 1.59 bits per heavy atom. The van der Waals surface area contributed by atoms with Crippen molar-refractivity contribution in [2.24, 2.45) is 0 Å². The lowest BCUT2D eigenvalue weighted by atomic mass is 9.98. The molecule has 1 saturated heterocycles. The van der Waals surface area contributed by atoms with Gasteiger partial charge in [-0.1, -0.05) is 13.0 Å². The van der Waals surface area contributed by atoms with Crippen LogP contribution in [0.4, 0.5) is 4.79 Å². The van der Waals surface area contributed by atoms with Crippen LogP contribution >= 0.6 is 11.3 Å². The molecular formula is C16H22N4OS. The monoisotopic (exact) mass is 318 g/mol. The van der Waals surface area contributed by atoms with Crippen LogP contribution in [0.3, 0.4) is 0 Å². The van der Waals surface area contributed by atoms with Crippen LogP contribution in [0.15, 0.2) is 29.9 Å². The highest BCUT2D eigenvalue weighted by molar-refractivity contribution is 7.10. The van der Waals surface area contributed by atoms with Crippen LogP contribution in [0.25, 0.3) is 0 Å². The van der Waals surface area contributed by atoms with Crippen molar-refractivity contribution in [3.8, 4) is 0 Å². The normalized spacial score (nSPS) is 19.9. The Kier molecular flexibility index (Phi) is 4.77. The summed E-state index contributed by atoms with van der Waals surface area (Å²) in [4.78, 5) is 15.9. The number of hydrogen-bond donors (Lipinski definition) is 2. The molecule has 1 fully saturated rings. The molecule has 2 N–H and O–H groups in total. The molecule has 0 spiro atoms. The standard InChI is InChI=1S/C16H22N4OS/c1-2-13(15-7-5-9-22-15)19-16(21)20-8-4-3-6-14(20)12-10-17-18-11-12/h5,7,9-11,13-14H,2-4,6,8H2,1H3,(H,17,18)(H,19,21)/t13-,14+/m0/s1. The number of H-pyrrole nitrogens is 1. The van der Waals surface area contributed by atoms with Crippen LogP contribution in [-0.2, 0) is 0 Å². The molecule has 3 heterocycles. The average Bonchev–Trinajstić information content (AvgIpc) is 3.25. The summed E-state index contributed by atoms with van der Waals surface area (Å²) in [6, 6.07) is 4.38. The van der Waals surface area contributed by atoms with Gasteiger partial charge in [0.25, 0.3) is 0 Å². The van der Waals surface area contributed by atoms with E-state index in [0.29, 0.717) is 0 Å². The van der Waals surface area contributed by atoms with Gasteiger partial charge < -0.3 is 10.2 Å². The van der Waals surface area contributed by atoms with E-state index < -0.39 is 0 Å². The Hall–Kier alpha value is -1.82. The van der Waals surface area contributed by atoms with Crippen LogP contribution in [-0.4, -0.2) is 27.7 Å². The predicted molar refractivity (Wildman–Crippen MR) is 87.8 cm³/mol. The van der Waals surface area contributed by atoms with E-state index in [1.54, 1.807) is 11.3 Å². The van der Waals surface area contributed by atoms with Crippen molar-refractivity contribution in [1.29, 1.82) is 0 Å². The van der Waals surface area contributed by atoms with Gasteiger partial charge in [0.1, 0.15) is 0 Å². The molecule has 6 heteroatoms. The van der Waals surface area contributed by atoms with Crippen molar-refractivity contribution in [2.75, 3.05) is 6.54 Å². The maximum Gasteiger partial charge on any atom is 0.318 e. The third kappa shape index (κ3) is 3.16. The summed E-state index contributed by atoms with van der Waals surface area (Å²) in [5.41, 5.74) is 1.10. The van der Waals surface area contributed by atoms with E-state index in [-0.39, 0.29) is 18.1 Å². The number of aromatic amines is 1. The van der Waals surface area contributed by atoms with Crippen LogP contribution < -0.4 is 5.32 Å². The fraction of sp³-hybridized carbons (Fsp3) is 0.500. The average molecular weight is 318 g/mol. The Labute approximate surface area is 134 Å². The van der Waals surface area contributed by atoms with Gasteiger partial charge in [0, 0.05) is 23.2 Å². The van der Waals surface area contributed by atoms with Gasteiger partial charge in [-0.25, -0.2) is 4.79 Å². The van der Waals surface area contributed by atoms with Gasteiger partial charge >= 0.3 is 6.03 Å². The zero-order valence-corrected chi connectivity index (χ0v) is 13.6. The second kappa shape index (κ2) is 6.96. The molecule has 0 aromatic carbocycles. The van der Waals surface area contributed by atoms with Crippen LogP contribution in [0, 0.1) is 0 Å². The molecule has 118 valence electrons. The molecule has 0 unspecified atom stereocenters. The third-order valence-electron chi connectivity index (χ3n) is 4.26. The summed E-state index contributed by atoms with van der Waals surface area (Å²) in [6.45, 7) is 2.91. The molecule has 2 amide bonds. The summed E-state index contributed by atoms with van der Waals surface area (Å²) in [5, 5.41) is 12.1. The first kappa shape index (κ1) is 15.1. The zero-order chi connectivity index (χ0) is 15.4. The van der Waals surface area contributed by atoms with E-state index in [1.165, 1.54) is 4.88 Å². The number of likely N-dealkylation sites (tertiary alicyclic amines) is 1. The van der Waals surface area contributed by atoms with Crippen molar-refractivity contribution < 1.29 is 4.79 Å². The zero-order valence-electron chi connectivity index (χ0n) is 12.8. The molecule has 2 aromatic rings. The maximum absolute atomic E-state index is 12.8. The molecule has 2 aromatic heterocycles. The second-order valence-electron chi connectivity index (χ2n) is 5.66. The molecule has 3 rings (SSSR count). The van der Waals surface area contributed by atoms with Gasteiger partial charge in [-0.15, -0.1) is 11.3 Å². The Morgan fingerprint density at radius 3 is 3.18 bits per heavy atom. The quantitative estimate of drug-likeness (QED) is 0.899. The Bertz CT molecular complexity index is 581. The minimum absolute atomic E-state index is 0.0335. The number of carbonyl (C=O) groups excluding carboxylic acids is 1. The van der Waals surface area contributed by atoms with Crippen molar-refractivity contribution in [3.63, 3.8) is 0 Å². The summed E-state index contributed by atoms with van der Waals surface area (Å²) in [6.07, 6.45) is 7.85. The molecule has 2 atom stereocenters. The molecule has 22 heavy (non-hydrogen) atoms. The van der Waals surface area contributed by atoms with Crippen molar-refractivity contribution in [3.05, 3.63) is 40.3 Å². The van der Waals surface area contributed by atoms with Gasteiger partial charge in [-0.2, -0.15) is 5.10 Å². The van der Waals surface area contributed by atoms with Gasteiger partial charge in [0.2, 0.25) is 0 Å². The molecule has 0 radical (unpaired) electrons. The lowest BCUT2D eigenvalue weighted by molar-refractivity contribution is 0.148. The number of thiophene rings is 1. The number of nitrogens with one attached hydrogen (secondary N) is 2. The first-order chi connectivity index (χ1) is 10.8. The minimum atomic E-state index is 0.0335. The number of hydrogen-bond acceptors (Lipinski definition) is 3. The predicted octanol–water partition coefficient (Wildman–Crippen LogP) is 3.86. The molecule has 1 aliphatic heterocycles. The van der Waals surface area contributed by atoms with Gasteiger partial charge in [0.05, 0.1) is 18.3 Å². The highest BCUT2D eigenvalue weighted by Gasteiger charge is 2.29. The minimum Gasteiger partial charge on any atom is -0.330 e. The van der Waals surface area contributed by atoms with Crippen LogP contribution in [0.1, 0.15) is 55.1 Å². The second-order valence-corrected chi connectivity index (χ2v) is 6.64. The lowest BCUT2D eigenvalue weighted by Crippen LogP contribution is -2.45. The maximum atomic E-state index is 12.8. The van der Waals surface area contributed by atoms with Crippen molar-refractivity contribution in [2.45, 2.75) is 44.7 Å². The largest absolute Gasteiger partial charge is 0.330 e. The number of urea groups is 1. The SMILES string of the molecule is CC[C@H](NC(=O)N1CCCC[C@@H]1c1cn[nH]c1)c1cccs1. The molecule has 0 bridgehead atoms. The van der Waals surface area contributed by atoms with Crippen LogP contribution in [0.5, 0.6) is 0 Å². The first-order valence-corrected chi connectivity index (χ1v) is 8.76. The molecule has 5 nitrogen and oxygen atoms in total. The van der Waals surface area contributed by atoms with Gasteiger partial charge in [-0.05, 0) is 37.1 Å². The number of piperidine rings is 1. The van der Waals surface area contributed by atoms with E-state index in [0.717, 1.165) is 37.8 Å². The van der Waals surface area contributed by atoms with E-state index in [1.807, 2.05) is 23.4 Å². The molecule has 0 aliphatic carbocycles. The molecular weight excluding hydrogens is 296 g/mol. The highest BCUT2D eigenvalue weighted by atomic mass is 32.1. The fourth-order valence-electron chi connectivity index (χ4n) is 3.06. The van der Waals surface area contributed by atoms with E-state index in [2.05, 4.69) is 33.9 Å². The molecule has 0 saturated carbocycles. The number of rotatable bonds is 4. The summed E-state index contributed by atoms with van der Waals surface area (Å²) in [5.74, 6) is 0. The first-order valence-electron chi connectivity index (χ1n) is 7.88. The van der Waals surface area contributed by atoms with Crippen LogP contribution in [0.2, 0.25) is 0 Å². The summed E-state index contributed by atoms with van der Waals surface area (Å²) < 4.78 is 0. The van der Waals surface area contributed by atoms with Crippen molar-refractivity contribution >= 4 is 17.4 Å². The number of nitrogens with zero attached hydrogens (tertiary/aromatic N) is 2. The lowest BCUT2D eigenvalue weighted by Gasteiger charge is -2.36. The van der Waals surface area contributed by atoms with Crippen molar-refractivity contribution in [1.82, 2.24) is 20.4 Å². The summed E-state index contributed by atoms with van der Waals surface area (Å²) in [7, 11) is 0. The highest BCUT2D eigenvalue weighted by Crippen LogP contribution is 2.31. The fourth-order valence-corrected chi connectivity index (χ4v) is 3.92. The van der Waals surface area contributed by atoms with Gasteiger partial charge in [-0.3, -0.25) is 5.10 Å². The van der Waals surface area contributed by atoms with E-state index in [4.69, 9.17) is 0 Å². The Balaban J connectivity index is 1.72. The summed E-state index contributed by atoms with van der Waals surface area (Å²) >= 11 is 1.69. The number of amides is 2. The topological polar surface area (TPSA) is 61.0 Å².